The fraction of sp³-hybridized carbons (Fsp3) is 0.680. The zero-order chi connectivity index (χ0) is 21.8. The van der Waals surface area contributed by atoms with Gasteiger partial charge in [-0.05, 0) is 55.7 Å². The Labute approximate surface area is 187 Å². The van der Waals surface area contributed by atoms with Gasteiger partial charge < -0.3 is 10.2 Å². The summed E-state index contributed by atoms with van der Waals surface area (Å²) in [6.07, 6.45) is 6.58. The van der Waals surface area contributed by atoms with Crippen molar-refractivity contribution >= 4 is 17.5 Å². The van der Waals surface area contributed by atoms with Crippen molar-refractivity contribution < 1.29 is 9.59 Å². The fourth-order valence-electron chi connectivity index (χ4n) is 5.50. The fourth-order valence-corrected chi connectivity index (χ4v) is 5.50. The molecule has 2 atom stereocenters. The van der Waals surface area contributed by atoms with Crippen LogP contribution in [0.1, 0.15) is 43.2 Å². The topological polar surface area (TPSA) is 55.9 Å². The number of hydrogen-bond acceptors (Lipinski definition) is 4. The van der Waals surface area contributed by atoms with Gasteiger partial charge in [-0.2, -0.15) is 0 Å². The predicted molar refractivity (Wildman–Crippen MR) is 124 cm³/mol. The van der Waals surface area contributed by atoms with Crippen LogP contribution in [0, 0.1) is 25.7 Å². The molecule has 6 nitrogen and oxygen atoms in total. The van der Waals surface area contributed by atoms with Crippen molar-refractivity contribution in [3.05, 3.63) is 29.3 Å². The third kappa shape index (κ3) is 5.66. The third-order valence-electron chi connectivity index (χ3n) is 7.71. The summed E-state index contributed by atoms with van der Waals surface area (Å²) in [4.78, 5) is 31.9. The van der Waals surface area contributed by atoms with Crippen LogP contribution in [0.2, 0.25) is 0 Å². The van der Waals surface area contributed by atoms with Gasteiger partial charge in [0.05, 0.1) is 13.1 Å². The summed E-state index contributed by atoms with van der Waals surface area (Å²) < 4.78 is 0. The number of piperazine rings is 1. The Hall–Kier alpha value is -1.92. The molecule has 2 heterocycles. The molecule has 31 heavy (non-hydrogen) atoms. The molecule has 0 spiro atoms. The normalized spacial score (nSPS) is 25.2. The Balaban J connectivity index is 1.18. The van der Waals surface area contributed by atoms with Crippen LogP contribution in [0.25, 0.3) is 0 Å². The third-order valence-corrected chi connectivity index (χ3v) is 7.71. The molecular formula is C25H38N4O2. The van der Waals surface area contributed by atoms with E-state index in [4.69, 9.17) is 0 Å². The highest BCUT2D eigenvalue weighted by Gasteiger charge is 2.33. The number of piperidine rings is 1. The van der Waals surface area contributed by atoms with E-state index in [2.05, 4.69) is 33.0 Å². The molecule has 1 aromatic carbocycles. The molecule has 2 aliphatic heterocycles. The van der Waals surface area contributed by atoms with Gasteiger partial charge in [-0.3, -0.25) is 19.4 Å². The van der Waals surface area contributed by atoms with E-state index in [9.17, 15) is 9.59 Å². The first-order valence-corrected chi connectivity index (χ1v) is 12.1. The molecular weight excluding hydrogens is 388 g/mol. The first-order valence-electron chi connectivity index (χ1n) is 12.1. The highest BCUT2D eigenvalue weighted by atomic mass is 16.2. The maximum atomic E-state index is 12.9. The maximum Gasteiger partial charge on any atom is 0.238 e. The molecule has 1 aliphatic carbocycles. The lowest BCUT2D eigenvalue weighted by Crippen LogP contribution is -2.53. The van der Waals surface area contributed by atoms with E-state index in [1.165, 1.54) is 37.7 Å². The number of hydrogen-bond donors (Lipinski definition) is 1. The Kier molecular flexibility index (Phi) is 7.28. The summed E-state index contributed by atoms with van der Waals surface area (Å²) in [5.74, 6) is 1.92. The monoisotopic (exact) mass is 426 g/mol. The maximum absolute atomic E-state index is 12.9. The number of benzene rings is 1. The lowest BCUT2D eigenvalue weighted by Gasteiger charge is -2.42. The summed E-state index contributed by atoms with van der Waals surface area (Å²) in [5.41, 5.74) is 3.20. The van der Waals surface area contributed by atoms with Crippen molar-refractivity contribution in [1.29, 1.82) is 0 Å². The molecule has 4 rings (SSSR count). The van der Waals surface area contributed by atoms with Crippen LogP contribution in [-0.2, 0) is 9.59 Å². The van der Waals surface area contributed by atoms with Gasteiger partial charge in [-0.1, -0.05) is 31.4 Å². The number of rotatable bonds is 5. The van der Waals surface area contributed by atoms with Crippen LogP contribution in [0.3, 0.4) is 0 Å². The second kappa shape index (κ2) is 10.1. The summed E-state index contributed by atoms with van der Waals surface area (Å²) >= 11 is 0. The molecule has 2 amide bonds. The molecule has 1 aromatic rings. The lowest BCUT2D eigenvalue weighted by molar-refractivity contribution is -0.136. The first-order chi connectivity index (χ1) is 15.0. The standard InChI is InChI=1S/C25H38N4O2/c1-19-6-5-9-23(20(19)2)26-24(30)17-27-12-14-28(15-13-27)18-25(31)29-11-10-21-7-3-4-8-22(21)16-29/h5-6,9,21-22H,3-4,7-8,10-18H2,1-2H3,(H,26,30)/t21-,22-/m0/s1. The average molecular weight is 427 g/mol. The minimum atomic E-state index is 0.0357. The molecule has 1 N–H and O–H groups in total. The molecule has 0 aromatic heterocycles. The van der Waals surface area contributed by atoms with E-state index < -0.39 is 0 Å². The van der Waals surface area contributed by atoms with Crippen molar-refractivity contribution in [2.75, 3.05) is 57.7 Å². The summed E-state index contributed by atoms with van der Waals surface area (Å²) in [7, 11) is 0. The molecule has 170 valence electrons. The zero-order valence-electron chi connectivity index (χ0n) is 19.2. The number of nitrogens with one attached hydrogen (secondary N) is 1. The highest BCUT2D eigenvalue weighted by Crippen LogP contribution is 2.36. The van der Waals surface area contributed by atoms with E-state index in [0.29, 0.717) is 19.0 Å². The van der Waals surface area contributed by atoms with Crippen LogP contribution in [0.15, 0.2) is 18.2 Å². The van der Waals surface area contributed by atoms with Gasteiger partial charge in [0.15, 0.2) is 0 Å². The number of likely N-dealkylation sites (tertiary alicyclic amines) is 1. The zero-order valence-corrected chi connectivity index (χ0v) is 19.2. The first kappa shape index (κ1) is 22.3. The van der Waals surface area contributed by atoms with Gasteiger partial charge in [0.25, 0.3) is 0 Å². The van der Waals surface area contributed by atoms with Gasteiger partial charge >= 0.3 is 0 Å². The Morgan fingerprint density at radius 2 is 1.58 bits per heavy atom. The lowest BCUT2D eigenvalue weighted by atomic mass is 9.75. The van der Waals surface area contributed by atoms with Crippen molar-refractivity contribution in [2.45, 2.75) is 46.0 Å². The molecule has 2 saturated heterocycles. The summed E-state index contributed by atoms with van der Waals surface area (Å²) in [6.45, 7) is 10.3. The van der Waals surface area contributed by atoms with E-state index >= 15 is 0 Å². The molecule has 3 aliphatic rings. The largest absolute Gasteiger partial charge is 0.341 e. The molecule has 6 heteroatoms. The van der Waals surface area contributed by atoms with Crippen molar-refractivity contribution in [3.8, 4) is 0 Å². The number of amides is 2. The number of anilines is 1. The molecule has 3 fully saturated rings. The van der Waals surface area contributed by atoms with Crippen LogP contribution < -0.4 is 5.32 Å². The van der Waals surface area contributed by atoms with Crippen molar-refractivity contribution in [1.82, 2.24) is 14.7 Å². The van der Waals surface area contributed by atoms with E-state index in [1.807, 2.05) is 19.1 Å². The van der Waals surface area contributed by atoms with Crippen LogP contribution in [-0.4, -0.2) is 78.9 Å². The van der Waals surface area contributed by atoms with Crippen LogP contribution in [0.5, 0.6) is 0 Å². The number of fused-ring (bicyclic) bond motifs is 1. The second-order valence-electron chi connectivity index (χ2n) is 9.78. The molecule has 1 saturated carbocycles. The minimum absolute atomic E-state index is 0.0357. The van der Waals surface area contributed by atoms with Gasteiger partial charge in [0, 0.05) is 45.0 Å². The Bertz CT molecular complexity index is 788. The van der Waals surface area contributed by atoms with Gasteiger partial charge in [0.2, 0.25) is 11.8 Å². The Morgan fingerprint density at radius 1 is 0.903 bits per heavy atom. The predicted octanol–water partition coefficient (Wildman–Crippen LogP) is 2.90. The number of carbonyl (C=O) groups excluding carboxylic acids is 2. The average Bonchev–Trinajstić information content (AvgIpc) is 2.78. The van der Waals surface area contributed by atoms with Crippen LogP contribution in [0.4, 0.5) is 5.69 Å². The smallest absolute Gasteiger partial charge is 0.238 e. The molecule has 0 bridgehead atoms. The molecule has 0 unspecified atom stereocenters. The van der Waals surface area contributed by atoms with Gasteiger partial charge in [0.1, 0.15) is 0 Å². The van der Waals surface area contributed by atoms with E-state index in [0.717, 1.165) is 62.4 Å². The molecule has 0 radical (unpaired) electrons. The second-order valence-corrected chi connectivity index (χ2v) is 9.78. The van der Waals surface area contributed by atoms with E-state index in [-0.39, 0.29) is 5.91 Å². The van der Waals surface area contributed by atoms with Crippen molar-refractivity contribution in [2.24, 2.45) is 11.8 Å². The summed E-state index contributed by atoms with van der Waals surface area (Å²) in [6, 6.07) is 5.99. The van der Waals surface area contributed by atoms with E-state index in [1.54, 1.807) is 0 Å². The quantitative estimate of drug-likeness (QED) is 0.787. The van der Waals surface area contributed by atoms with Gasteiger partial charge in [-0.15, -0.1) is 0 Å². The van der Waals surface area contributed by atoms with Crippen LogP contribution >= 0.6 is 0 Å². The number of nitrogens with zero attached hydrogens (tertiary/aromatic N) is 3. The minimum Gasteiger partial charge on any atom is -0.341 e. The van der Waals surface area contributed by atoms with Crippen molar-refractivity contribution in [3.63, 3.8) is 0 Å². The SMILES string of the molecule is Cc1cccc(NC(=O)CN2CCN(CC(=O)N3CC[C@@H]4CCCC[C@H]4C3)CC2)c1C. The Morgan fingerprint density at radius 3 is 2.32 bits per heavy atom. The summed E-state index contributed by atoms with van der Waals surface area (Å²) in [5, 5.41) is 3.05. The van der Waals surface area contributed by atoms with Gasteiger partial charge in [-0.25, -0.2) is 0 Å². The number of carbonyl (C=O) groups is 2. The highest BCUT2D eigenvalue weighted by molar-refractivity contribution is 5.93. The number of aryl methyl sites for hydroxylation is 1.